The lowest BCUT2D eigenvalue weighted by Crippen LogP contribution is -2.44. The van der Waals surface area contributed by atoms with E-state index in [1.54, 1.807) is 0 Å². The first kappa shape index (κ1) is 15.3. The summed E-state index contributed by atoms with van der Waals surface area (Å²) in [6.45, 7) is 6.98. The summed E-state index contributed by atoms with van der Waals surface area (Å²) in [5.74, 6) is 0.670. The van der Waals surface area contributed by atoms with Gasteiger partial charge in [0, 0.05) is 24.0 Å². The van der Waals surface area contributed by atoms with Gasteiger partial charge in [-0.05, 0) is 45.6 Å². The van der Waals surface area contributed by atoms with Crippen LogP contribution in [0.1, 0.15) is 44.0 Å². The molecule has 110 valence electrons. The summed E-state index contributed by atoms with van der Waals surface area (Å²) >= 11 is 1.45. The maximum absolute atomic E-state index is 12.4. The highest BCUT2D eigenvalue weighted by Gasteiger charge is 2.25. The van der Waals surface area contributed by atoms with E-state index in [1.807, 2.05) is 19.9 Å². The van der Waals surface area contributed by atoms with Gasteiger partial charge in [0.2, 0.25) is 5.91 Å². The molecule has 0 aromatic carbocycles. The van der Waals surface area contributed by atoms with E-state index in [0.29, 0.717) is 17.0 Å². The summed E-state index contributed by atoms with van der Waals surface area (Å²) in [4.78, 5) is 23.2. The molecule has 0 aliphatic carbocycles. The molecule has 0 N–H and O–H groups in total. The van der Waals surface area contributed by atoms with Crippen molar-refractivity contribution >= 4 is 17.7 Å². The molecule has 5 heteroatoms. The summed E-state index contributed by atoms with van der Waals surface area (Å²) in [7, 11) is 0. The lowest BCUT2D eigenvalue weighted by Gasteiger charge is -2.35. The molecule has 0 saturated carbocycles. The molecule has 1 aliphatic rings. The van der Waals surface area contributed by atoms with E-state index in [4.69, 9.17) is 0 Å². The molecular weight excluding hydrogens is 270 g/mol. The number of rotatable bonds is 4. The summed E-state index contributed by atoms with van der Waals surface area (Å²) in [6, 6.07) is 2.38. The van der Waals surface area contributed by atoms with Gasteiger partial charge in [0.05, 0.1) is 5.75 Å². The number of amides is 1. The number of hydrogen-bond acceptors (Lipinski definition) is 4. The molecule has 0 bridgehead atoms. The first-order chi connectivity index (χ1) is 9.60. The normalized spacial score (nSPS) is 19.1. The monoisotopic (exact) mass is 293 g/mol. The second-order valence-corrected chi connectivity index (χ2v) is 6.31. The van der Waals surface area contributed by atoms with Crippen LogP contribution in [0.15, 0.2) is 11.2 Å². The van der Waals surface area contributed by atoms with E-state index in [2.05, 4.69) is 21.8 Å². The number of aryl methyl sites for hydroxylation is 2. The van der Waals surface area contributed by atoms with E-state index in [-0.39, 0.29) is 5.91 Å². The highest BCUT2D eigenvalue weighted by molar-refractivity contribution is 7.99. The van der Waals surface area contributed by atoms with Crippen LogP contribution in [-0.2, 0) is 4.79 Å². The SMILES string of the molecule is CC[C@H]1CCCCN1C(=O)CSc1nc(C)cc(C)n1. The van der Waals surface area contributed by atoms with E-state index >= 15 is 0 Å². The predicted octanol–water partition coefficient (Wildman–Crippen LogP) is 2.98. The van der Waals surface area contributed by atoms with Crippen molar-refractivity contribution < 1.29 is 4.79 Å². The fourth-order valence-corrected chi connectivity index (χ4v) is 3.56. The van der Waals surface area contributed by atoms with Gasteiger partial charge in [0.1, 0.15) is 0 Å². The Morgan fingerprint density at radius 2 is 2.05 bits per heavy atom. The number of piperidine rings is 1. The van der Waals surface area contributed by atoms with Crippen LogP contribution in [0.4, 0.5) is 0 Å². The Morgan fingerprint density at radius 3 is 2.70 bits per heavy atom. The summed E-state index contributed by atoms with van der Waals surface area (Å²) in [5.41, 5.74) is 1.91. The highest BCUT2D eigenvalue weighted by Crippen LogP contribution is 2.22. The number of nitrogens with zero attached hydrogens (tertiary/aromatic N) is 3. The smallest absolute Gasteiger partial charge is 0.233 e. The van der Waals surface area contributed by atoms with Crippen molar-refractivity contribution in [3.8, 4) is 0 Å². The average molecular weight is 293 g/mol. The quantitative estimate of drug-likeness (QED) is 0.632. The second-order valence-electron chi connectivity index (χ2n) is 5.37. The molecule has 2 rings (SSSR count). The maximum Gasteiger partial charge on any atom is 0.233 e. The zero-order valence-corrected chi connectivity index (χ0v) is 13.4. The van der Waals surface area contributed by atoms with Crippen molar-refractivity contribution in [2.45, 2.75) is 57.7 Å². The van der Waals surface area contributed by atoms with Gasteiger partial charge < -0.3 is 4.90 Å². The second kappa shape index (κ2) is 7.07. The van der Waals surface area contributed by atoms with E-state index in [9.17, 15) is 4.79 Å². The Labute approximate surface area is 125 Å². The van der Waals surface area contributed by atoms with Gasteiger partial charge in [-0.2, -0.15) is 0 Å². The molecule has 1 aliphatic heterocycles. The Kier molecular flexibility index (Phi) is 5.40. The molecule has 0 spiro atoms. The minimum atomic E-state index is 0.226. The van der Waals surface area contributed by atoms with Crippen molar-refractivity contribution in [2.75, 3.05) is 12.3 Å². The number of thioether (sulfide) groups is 1. The van der Waals surface area contributed by atoms with E-state index in [1.165, 1.54) is 18.2 Å². The molecule has 4 nitrogen and oxygen atoms in total. The molecule has 0 radical (unpaired) electrons. The third kappa shape index (κ3) is 3.95. The van der Waals surface area contributed by atoms with Gasteiger partial charge in [0.15, 0.2) is 5.16 Å². The van der Waals surface area contributed by atoms with Crippen molar-refractivity contribution in [2.24, 2.45) is 0 Å². The Morgan fingerprint density at radius 1 is 1.35 bits per heavy atom. The average Bonchev–Trinajstić information content (AvgIpc) is 2.43. The van der Waals surface area contributed by atoms with Crippen molar-refractivity contribution in [3.05, 3.63) is 17.5 Å². The van der Waals surface area contributed by atoms with Crippen LogP contribution < -0.4 is 0 Å². The Balaban J connectivity index is 1.94. The summed E-state index contributed by atoms with van der Waals surface area (Å²) < 4.78 is 0. The molecule has 1 aromatic rings. The van der Waals surface area contributed by atoms with Crippen LogP contribution in [-0.4, -0.2) is 39.1 Å². The van der Waals surface area contributed by atoms with Crippen LogP contribution in [0.25, 0.3) is 0 Å². The predicted molar refractivity (Wildman–Crippen MR) is 81.9 cm³/mol. The third-order valence-corrected chi connectivity index (χ3v) is 4.54. The van der Waals surface area contributed by atoms with Gasteiger partial charge in [0.25, 0.3) is 0 Å². The van der Waals surface area contributed by atoms with Crippen molar-refractivity contribution in [1.29, 1.82) is 0 Å². The third-order valence-electron chi connectivity index (χ3n) is 3.71. The highest BCUT2D eigenvalue weighted by atomic mass is 32.2. The summed E-state index contributed by atoms with van der Waals surface area (Å²) in [6.07, 6.45) is 4.58. The molecule has 2 heterocycles. The van der Waals surface area contributed by atoms with Gasteiger partial charge in [-0.25, -0.2) is 9.97 Å². The fourth-order valence-electron chi connectivity index (χ4n) is 2.72. The number of carbonyl (C=O) groups is 1. The summed E-state index contributed by atoms with van der Waals surface area (Å²) in [5, 5.41) is 0.709. The molecule has 20 heavy (non-hydrogen) atoms. The van der Waals surface area contributed by atoms with Gasteiger partial charge in [-0.1, -0.05) is 18.7 Å². The zero-order chi connectivity index (χ0) is 14.5. The van der Waals surface area contributed by atoms with Crippen LogP contribution in [0, 0.1) is 13.8 Å². The topological polar surface area (TPSA) is 46.1 Å². The van der Waals surface area contributed by atoms with E-state index < -0.39 is 0 Å². The minimum absolute atomic E-state index is 0.226. The number of likely N-dealkylation sites (tertiary alicyclic amines) is 1. The zero-order valence-electron chi connectivity index (χ0n) is 12.6. The van der Waals surface area contributed by atoms with E-state index in [0.717, 1.165) is 37.2 Å². The first-order valence-corrected chi connectivity index (χ1v) is 8.33. The van der Waals surface area contributed by atoms with Crippen molar-refractivity contribution in [3.63, 3.8) is 0 Å². The number of aromatic nitrogens is 2. The standard InChI is InChI=1S/C15H23N3OS/c1-4-13-7-5-6-8-18(13)14(19)10-20-15-16-11(2)9-12(3)17-15/h9,13H,4-8,10H2,1-3H3/t13-/m0/s1. The lowest BCUT2D eigenvalue weighted by molar-refractivity contribution is -0.132. The fraction of sp³-hybridized carbons (Fsp3) is 0.667. The molecule has 1 aromatic heterocycles. The van der Waals surface area contributed by atoms with Gasteiger partial charge >= 0.3 is 0 Å². The Bertz CT molecular complexity index is 458. The van der Waals surface area contributed by atoms with Gasteiger partial charge in [-0.3, -0.25) is 4.79 Å². The molecule has 1 fully saturated rings. The molecular formula is C15H23N3OS. The maximum atomic E-state index is 12.4. The molecule has 1 atom stereocenters. The number of carbonyl (C=O) groups excluding carboxylic acids is 1. The van der Waals surface area contributed by atoms with Crippen LogP contribution >= 0.6 is 11.8 Å². The Hall–Kier alpha value is -1.10. The number of hydrogen-bond donors (Lipinski definition) is 0. The first-order valence-electron chi connectivity index (χ1n) is 7.34. The molecule has 0 unspecified atom stereocenters. The van der Waals surface area contributed by atoms with Crippen molar-refractivity contribution in [1.82, 2.24) is 14.9 Å². The lowest BCUT2D eigenvalue weighted by atomic mass is 10.0. The molecule has 1 saturated heterocycles. The largest absolute Gasteiger partial charge is 0.339 e. The van der Waals surface area contributed by atoms with Gasteiger partial charge in [-0.15, -0.1) is 0 Å². The van der Waals surface area contributed by atoms with Crippen LogP contribution in [0.3, 0.4) is 0 Å². The van der Waals surface area contributed by atoms with Crippen LogP contribution in [0.2, 0.25) is 0 Å². The molecule has 1 amide bonds. The van der Waals surface area contributed by atoms with Crippen LogP contribution in [0.5, 0.6) is 0 Å². The minimum Gasteiger partial charge on any atom is -0.339 e.